The number of methoxy groups -OCH3 is 2. The Bertz CT molecular complexity index is 788. The predicted octanol–water partition coefficient (Wildman–Crippen LogP) is -0.107. The van der Waals surface area contributed by atoms with Gasteiger partial charge in [-0.25, -0.2) is 9.59 Å². The summed E-state index contributed by atoms with van der Waals surface area (Å²) in [5.74, 6) is 3.50. The quantitative estimate of drug-likeness (QED) is 0.418. The molecule has 2 heterocycles. The van der Waals surface area contributed by atoms with Crippen molar-refractivity contribution in [2.24, 2.45) is 0 Å². The Morgan fingerprint density at radius 2 is 1.08 bits per heavy atom. The number of nitrogens with zero attached hydrogens (tertiary/aromatic N) is 2. The van der Waals surface area contributed by atoms with Gasteiger partial charge in [-0.05, 0) is 11.1 Å². The monoisotopic (exact) mass is 322 g/mol. The first-order chi connectivity index (χ1) is 11.6. The van der Waals surface area contributed by atoms with E-state index in [2.05, 4.69) is 33.4 Å². The summed E-state index contributed by atoms with van der Waals surface area (Å²) >= 11 is 0. The molecule has 2 aromatic heterocycles. The van der Waals surface area contributed by atoms with Crippen molar-refractivity contribution < 1.29 is 28.2 Å². The number of carbonyl (C=O) groups excluding carboxylic acids is 2. The Hall–Kier alpha value is -3.64. The Labute approximate surface area is 139 Å². The average molecular weight is 322 g/mol. The number of esters is 2. The second-order valence-electron chi connectivity index (χ2n) is 4.44. The molecule has 0 aliphatic carbocycles. The van der Waals surface area contributed by atoms with E-state index in [0.717, 1.165) is 11.1 Å². The van der Waals surface area contributed by atoms with Crippen LogP contribution in [0, 0.1) is 23.9 Å². The van der Waals surface area contributed by atoms with Gasteiger partial charge in [0.25, 0.3) is 0 Å². The fraction of sp³-hybridized carbons (Fsp3) is 0.111. The molecule has 2 aromatic rings. The van der Waals surface area contributed by atoms with Gasteiger partial charge in [0.15, 0.2) is 24.8 Å². The van der Waals surface area contributed by atoms with Gasteiger partial charge in [0.1, 0.15) is 0 Å². The molecule has 6 heteroatoms. The van der Waals surface area contributed by atoms with Gasteiger partial charge in [-0.1, -0.05) is 0 Å². The number of aromatic nitrogens is 2. The number of hydrogen-bond donors (Lipinski definition) is 0. The lowest BCUT2D eigenvalue weighted by atomic mass is 10.1. The van der Waals surface area contributed by atoms with Gasteiger partial charge in [-0.15, -0.1) is 9.13 Å². The molecule has 0 atom stereocenters. The maximum absolute atomic E-state index is 11.0. The minimum atomic E-state index is -0.591. The number of rotatable bonds is 1. The van der Waals surface area contributed by atoms with Gasteiger partial charge in [-0.2, -0.15) is 0 Å². The van der Waals surface area contributed by atoms with Gasteiger partial charge < -0.3 is 9.47 Å². The second kappa shape index (κ2) is 8.11. The molecule has 0 aliphatic heterocycles. The van der Waals surface area contributed by atoms with E-state index in [0.29, 0.717) is 0 Å². The zero-order valence-electron chi connectivity index (χ0n) is 13.1. The van der Waals surface area contributed by atoms with Crippen molar-refractivity contribution in [2.45, 2.75) is 0 Å². The van der Waals surface area contributed by atoms with E-state index in [-0.39, 0.29) is 0 Å². The van der Waals surface area contributed by atoms with Crippen LogP contribution in [0.1, 0.15) is 0 Å². The summed E-state index contributed by atoms with van der Waals surface area (Å²) < 4.78 is 12.0. The standard InChI is InChI=1S/C18H14N2O4/c1-23-17(21)7-13-19-9-3-15(4-10-19)16-5-11-20(12-6-16)14-8-18(22)24-2/h3-6,9-12H,1-2H3/q+2. The molecular formula is C18H14N2O4+2. The van der Waals surface area contributed by atoms with Crippen molar-refractivity contribution >= 4 is 11.9 Å². The largest absolute Gasteiger partial charge is 0.459 e. The summed E-state index contributed by atoms with van der Waals surface area (Å²) in [7, 11) is 2.56. The molecular weight excluding hydrogens is 308 g/mol. The van der Waals surface area contributed by atoms with Gasteiger partial charge in [-0.3, -0.25) is 0 Å². The van der Waals surface area contributed by atoms with Gasteiger partial charge in [0.2, 0.25) is 12.1 Å². The Morgan fingerprint density at radius 3 is 1.38 bits per heavy atom. The van der Waals surface area contributed by atoms with Gasteiger partial charge in [0.05, 0.1) is 26.1 Å². The van der Waals surface area contributed by atoms with E-state index in [1.54, 1.807) is 33.9 Å². The molecule has 0 bridgehead atoms. The molecule has 6 nitrogen and oxygen atoms in total. The van der Waals surface area contributed by atoms with Crippen LogP contribution in [0.5, 0.6) is 0 Å². The maximum Gasteiger partial charge on any atom is 0.390 e. The Balaban J connectivity index is 2.14. The maximum atomic E-state index is 11.0. The summed E-state index contributed by atoms with van der Waals surface area (Å²) in [4.78, 5) is 21.9. The molecule has 118 valence electrons. The third-order valence-electron chi connectivity index (χ3n) is 2.94. The molecule has 0 amide bonds. The predicted molar refractivity (Wildman–Crippen MR) is 82.6 cm³/mol. The lowest BCUT2D eigenvalue weighted by molar-refractivity contribution is -0.583. The van der Waals surface area contributed by atoms with Crippen LogP contribution in [0.15, 0.2) is 49.1 Å². The first kappa shape index (κ1) is 16.7. The number of carbonyl (C=O) groups is 2. The highest BCUT2D eigenvalue weighted by Crippen LogP contribution is 2.15. The van der Waals surface area contributed by atoms with Crippen LogP contribution >= 0.6 is 0 Å². The van der Waals surface area contributed by atoms with Gasteiger partial charge in [0, 0.05) is 24.3 Å². The fourth-order valence-corrected chi connectivity index (χ4v) is 1.71. The molecule has 24 heavy (non-hydrogen) atoms. The lowest BCUT2D eigenvalue weighted by Crippen LogP contribution is -2.27. The first-order valence-electron chi connectivity index (χ1n) is 6.85. The van der Waals surface area contributed by atoms with Crippen LogP contribution in [-0.4, -0.2) is 26.2 Å². The Morgan fingerprint density at radius 1 is 0.750 bits per heavy atom. The molecule has 0 radical (unpaired) electrons. The molecule has 2 rings (SSSR count). The Kier molecular flexibility index (Phi) is 5.65. The molecule has 0 unspecified atom stereocenters. The zero-order valence-corrected chi connectivity index (χ0v) is 13.1. The molecule has 0 saturated heterocycles. The van der Waals surface area contributed by atoms with Crippen molar-refractivity contribution in [1.29, 1.82) is 0 Å². The van der Waals surface area contributed by atoms with Crippen LogP contribution in [-0.2, 0) is 19.1 Å². The van der Waals surface area contributed by atoms with Crippen LogP contribution in [0.4, 0.5) is 0 Å². The van der Waals surface area contributed by atoms with Crippen LogP contribution in [0.3, 0.4) is 0 Å². The summed E-state index contributed by atoms with van der Waals surface area (Å²) in [6.07, 6.45) is 6.96. The van der Waals surface area contributed by atoms with Crippen molar-refractivity contribution in [2.75, 3.05) is 14.2 Å². The number of pyridine rings is 2. The molecule has 0 saturated carbocycles. The van der Waals surface area contributed by atoms with E-state index in [1.165, 1.54) is 14.2 Å². The third kappa shape index (κ3) is 4.69. The van der Waals surface area contributed by atoms with E-state index >= 15 is 0 Å². The summed E-state index contributed by atoms with van der Waals surface area (Å²) in [5.41, 5.74) is 1.94. The third-order valence-corrected chi connectivity index (χ3v) is 2.94. The topological polar surface area (TPSA) is 60.4 Å². The van der Waals surface area contributed by atoms with Gasteiger partial charge >= 0.3 is 11.9 Å². The zero-order chi connectivity index (χ0) is 17.4. The molecule has 0 N–H and O–H groups in total. The minimum absolute atomic E-state index is 0.591. The summed E-state index contributed by atoms with van der Waals surface area (Å²) in [6.45, 7) is 0. The highest BCUT2D eigenvalue weighted by Gasteiger charge is 2.05. The van der Waals surface area contributed by atoms with Crippen LogP contribution < -0.4 is 9.13 Å². The summed E-state index contributed by atoms with van der Waals surface area (Å²) in [6, 6.07) is 12.8. The highest BCUT2D eigenvalue weighted by molar-refractivity contribution is 5.88. The van der Waals surface area contributed by atoms with Crippen molar-refractivity contribution in [1.82, 2.24) is 0 Å². The van der Waals surface area contributed by atoms with Crippen molar-refractivity contribution in [3.8, 4) is 35.1 Å². The normalized spacial score (nSPS) is 8.92. The van der Waals surface area contributed by atoms with E-state index in [9.17, 15) is 9.59 Å². The molecule has 0 aromatic carbocycles. The van der Waals surface area contributed by atoms with Crippen molar-refractivity contribution in [3.63, 3.8) is 0 Å². The molecule has 0 aliphatic rings. The highest BCUT2D eigenvalue weighted by atomic mass is 16.5. The van der Waals surface area contributed by atoms with E-state index < -0.39 is 11.9 Å². The fourth-order valence-electron chi connectivity index (χ4n) is 1.71. The minimum Gasteiger partial charge on any atom is -0.459 e. The van der Waals surface area contributed by atoms with E-state index in [1.807, 2.05) is 24.3 Å². The average Bonchev–Trinajstić information content (AvgIpc) is 2.65. The molecule has 0 fully saturated rings. The van der Waals surface area contributed by atoms with Crippen LogP contribution in [0.25, 0.3) is 11.1 Å². The first-order valence-corrected chi connectivity index (χ1v) is 6.85. The molecule has 0 spiro atoms. The summed E-state index contributed by atoms with van der Waals surface area (Å²) in [5, 5.41) is 0. The SMILES string of the molecule is COC(=O)C#C[n+]1ccc(-c2cc[n+](C#CC(=O)OC)cc2)cc1. The van der Waals surface area contributed by atoms with E-state index in [4.69, 9.17) is 0 Å². The number of hydrogen-bond acceptors (Lipinski definition) is 4. The van der Waals surface area contributed by atoms with Crippen molar-refractivity contribution in [3.05, 3.63) is 49.1 Å². The number of ether oxygens (including phenoxy) is 2. The van der Waals surface area contributed by atoms with Crippen LogP contribution in [0.2, 0.25) is 0 Å². The second-order valence-corrected chi connectivity index (χ2v) is 4.44. The smallest absolute Gasteiger partial charge is 0.390 e. The lowest BCUT2D eigenvalue weighted by Gasteiger charge is -1.96.